The van der Waals surface area contributed by atoms with Gasteiger partial charge < -0.3 is 91.2 Å². The third kappa shape index (κ3) is 34.5. The molecule has 0 spiro atoms. The second kappa shape index (κ2) is 49.2. The molecule has 0 aromatic carbocycles. The van der Waals surface area contributed by atoms with Crippen LogP contribution in [0.25, 0.3) is 0 Å². The Labute approximate surface area is 873 Å². The molecule has 824 valence electrons. The average Bonchev–Trinajstić information content (AvgIpc) is 1.53. The second-order valence-electron chi connectivity index (χ2n) is 56.9. The van der Waals surface area contributed by atoms with E-state index in [0.717, 1.165) is 172 Å². The highest BCUT2D eigenvalue weighted by atomic mass is 32.2. The minimum absolute atomic E-state index is 0.145. The van der Waals surface area contributed by atoms with Gasteiger partial charge in [-0.1, -0.05) is 201 Å². The van der Waals surface area contributed by atoms with Crippen molar-refractivity contribution in [2.45, 2.75) is 405 Å². The molecule has 0 radical (unpaired) electrons. The molecule has 20 aliphatic heterocycles. The number of sulfone groups is 2. The van der Waals surface area contributed by atoms with Crippen molar-refractivity contribution in [3.8, 4) is 0 Å². The molecule has 0 bridgehead atoms. The van der Waals surface area contributed by atoms with E-state index in [1.165, 1.54) is 131 Å². The van der Waals surface area contributed by atoms with Gasteiger partial charge in [-0.3, -0.25) is 9.80 Å². The van der Waals surface area contributed by atoms with Crippen molar-refractivity contribution in [2.24, 2.45) is 120 Å². The fraction of sp³-hybridized carbons (Fsp3) is 1.00. The summed E-state index contributed by atoms with van der Waals surface area (Å²) >= 11 is 0. The Morgan fingerprint density at radius 3 is 1.35 bits per heavy atom. The normalized spacial score (nSPS) is 43.4. The molecule has 25 nitrogen and oxygen atoms in total. The second-order valence-corrected chi connectivity index (χ2v) is 61.4. The molecule has 20 saturated heterocycles. The largest absolute Gasteiger partial charge is 0.390 e. The number of hydrogen-bond donors (Lipinski definition) is 1. The molecule has 30 unspecified atom stereocenters. The zero-order valence-electron chi connectivity index (χ0n) is 104. The van der Waals surface area contributed by atoms with Gasteiger partial charge in [0, 0.05) is 164 Å². The predicted molar refractivity (Wildman–Crippen MR) is 567 cm³/mol. The maximum atomic E-state index is 13.2. The van der Waals surface area contributed by atoms with E-state index in [2.05, 4.69) is 180 Å². The first-order valence-corrected chi connectivity index (χ1v) is 58.7. The van der Waals surface area contributed by atoms with E-state index in [0.29, 0.717) is 68.9 Å². The Hall–Kier alpha value is -0.940. The van der Waals surface area contributed by atoms with E-state index in [9.17, 15) is 21.9 Å². The SMILES string of the molecule is CC(C)(C)C1CCC(C2CC3CCOC3O2)S1(=O)=O.CC(C)(C)CN1CC2CCOCC2C1.CC(C)(C)CN1CC2OCCOC2C1.CC(C)(C)CN1CCC2COCC2C1.CC1COC2CN(CC(C)(C)C)CC2O1.CCC1OCC2CCN(CC(C)(C)C)CC21.CN1CCC2CN(CC(C)(C)C)CC2C1.[2H]C1(C)COC2OC(C3C([2H])([2H])C([2H])([2H])C(C(C)(C)C)S3(=O)=O)CC21.[2H]C1(O)C(C(C)(C)C)OC2OC([2H])(C)C([2H])([2H])C21. The van der Waals surface area contributed by atoms with Gasteiger partial charge in [0.1, 0.15) is 0 Å². The summed E-state index contributed by atoms with van der Waals surface area (Å²) < 4.78 is 198. The van der Waals surface area contributed by atoms with E-state index in [1.807, 2.05) is 41.5 Å². The molecule has 0 aromatic heterocycles. The number of nitrogens with zero attached hydrogens (tertiary/aromatic N) is 7. The standard InChI is InChI=1S/C15H26O4S.C14H27NO.C14H24O4S.C13H26N2.C12H23NO2.2C12H23NO.C11H21NO2.C11H20O3/c1-9-8-18-14-10(9)7-11(19-14)12-5-6-13(15(2,3)4)20(12,16)17;1-5-13-12-8-15(10-14(2,3)4)7-6-11(12)9-16-13;1-14(2,3)12-5-4-11(19(12,15)16)10-8-9-6-7-17-13(9)18-10;1-13(2,3)10-15-8-11-5-6-14(4)7-12(11)9-15;1-9-7-14-10-5-13(6-11(10)15-9)8-12(2,3)4;1-12(2,3)9-13-5-4-10-7-14-8-11(10)6-13;1-12(2,3)9-13-6-10-4-5-14-8-11(10)7-13;1-11(2,3)8-12-6-9-10(7-12)14-5-4-13-9;1-6-5-7-8(12)9(11(2,3)4)14-10(7)13-6/h9-14H,5-8H2,1-4H3;11-13H,5-10H2,1-4H3;9-13H,4-8H2,1-3H3;11-12H,5-10H2,1-4H3;9-11H,5-8H2,1-4H3;2*10-11H,4-9H2,1-3H3;9-10H,4-8H2,1-3H3;6-10,12H,5H2,1-4H3/i5D2,6D2,9D;;;;;;;;5D2,6D,8D. The molecule has 20 heterocycles. The molecule has 0 saturated carbocycles. The zero-order chi connectivity index (χ0) is 112. The van der Waals surface area contributed by atoms with E-state index in [4.69, 9.17) is 73.9 Å². The summed E-state index contributed by atoms with van der Waals surface area (Å²) in [5.74, 6) is 5.00. The fourth-order valence-corrected chi connectivity index (χ4v) is 31.4. The number of ether oxygens (including phenoxy) is 13. The Bertz CT molecular complexity index is 4320. The summed E-state index contributed by atoms with van der Waals surface area (Å²) in [5, 5.41) is 6.75. The van der Waals surface area contributed by atoms with Crippen LogP contribution in [-0.4, -0.2) is 367 Å². The van der Waals surface area contributed by atoms with E-state index < -0.39 is 109 Å². The van der Waals surface area contributed by atoms with Crippen LogP contribution in [0.2, 0.25) is 0 Å². The Morgan fingerprint density at radius 2 is 0.823 bits per heavy atom. The van der Waals surface area contributed by atoms with Gasteiger partial charge in [0.15, 0.2) is 38.5 Å². The molecule has 27 heteroatoms. The van der Waals surface area contributed by atoms with Crippen LogP contribution in [0.3, 0.4) is 0 Å². The first-order chi connectivity index (χ1) is 68.7. The Balaban J connectivity index is 0.000000150. The zero-order valence-corrected chi connectivity index (χ0v) is 96.3. The maximum absolute atomic E-state index is 13.2. The van der Waals surface area contributed by atoms with Crippen molar-refractivity contribution in [1.82, 2.24) is 34.3 Å². The van der Waals surface area contributed by atoms with E-state index in [-0.39, 0.29) is 53.4 Å². The van der Waals surface area contributed by atoms with Gasteiger partial charge in [0.25, 0.3) is 0 Å². The molecule has 0 aliphatic carbocycles. The number of likely N-dealkylation sites (tertiary alicyclic amines) is 7. The number of aliphatic hydroxyl groups is 1. The lowest BCUT2D eigenvalue weighted by Gasteiger charge is -2.39. The molecule has 1 N–H and O–H groups in total. The molecule has 30 atom stereocenters. The summed E-state index contributed by atoms with van der Waals surface area (Å²) in [7, 11) is -4.96. The molecule has 141 heavy (non-hydrogen) atoms. The smallest absolute Gasteiger partial charge is 0.163 e. The molecule has 20 fully saturated rings. The van der Waals surface area contributed by atoms with Gasteiger partial charge in [-0.05, 0) is 214 Å². The van der Waals surface area contributed by atoms with Crippen LogP contribution in [-0.2, 0) is 81.3 Å². The van der Waals surface area contributed by atoms with Crippen molar-refractivity contribution < 1.29 is 95.9 Å². The summed E-state index contributed by atoms with van der Waals surface area (Å²) in [6.07, 6.45) is -2.93. The summed E-state index contributed by atoms with van der Waals surface area (Å²) in [4.78, 5) is 18.0. The minimum atomic E-state index is -4.14. The highest BCUT2D eigenvalue weighted by Gasteiger charge is 2.58. The van der Waals surface area contributed by atoms with Crippen LogP contribution < -0.4 is 0 Å². The lowest BCUT2D eigenvalue weighted by atomic mass is 9.82. The van der Waals surface area contributed by atoms with Gasteiger partial charge >= 0.3 is 0 Å². The lowest BCUT2D eigenvalue weighted by Crippen LogP contribution is -2.45. The Morgan fingerprint density at radius 1 is 0.348 bits per heavy atom. The van der Waals surface area contributed by atoms with Crippen LogP contribution in [0.1, 0.15) is 310 Å². The molecule has 0 amide bonds. The molecular formula is C114H213N7O18S2. The number of rotatable bonds is 9. The van der Waals surface area contributed by atoms with Crippen molar-refractivity contribution >= 4 is 19.7 Å². The molecule has 20 rings (SSSR count). The third-order valence-corrected chi connectivity index (χ3v) is 37.7. The predicted octanol–water partition coefficient (Wildman–Crippen LogP) is 17.4. The van der Waals surface area contributed by atoms with Gasteiger partial charge in [0.2, 0.25) is 0 Å². The molecule has 20 aliphatic rings. The minimum Gasteiger partial charge on any atom is -0.390 e. The van der Waals surface area contributed by atoms with E-state index in [1.54, 1.807) is 27.7 Å². The van der Waals surface area contributed by atoms with E-state index >= 15 is 0 Å². The van der Waals surface area contributed by atoms with Crippen molar-refractivity contribution in [3.63, 3.8) is 0 Å². The summed E-state index contributed by atoms with van der Waals surface area (Å²) in [6.45, 7) is 98.0. The van der Waals surface area contributed by atoms with Crippen molar-refractivity contribution in [1.29, 1.82) is 0 Å². The highest BCUT2D eigenvalue weighted by molar-refractivity contribution is 7.93. The van der Waals surface area contributed by atoms with Crippen LogP contribution >= 0.6 is 0 Å². The van der Waals surface area contributed by atoms with Crippen LogP contribution in [0, 0.1) is 120 Å². The van der Waals surface area contributed by atoms with Crippen molar-refractivity contribution in [2.75, 3.05) is 204 Å². The Kier molecular flexibility index (Phi) is 36.9. The lowest BCUT2D eigenvalue weighted by molar-refractivity contribution is -0.159. The number of fused-ring (bicyclic) bond motifs is 9. The van der Waals surface area contributed by atoms with Gasteiger partial charge in [-0.25, -0.2) is 16.8 Å². The maximum Gasteiger partial charge on any atom is 0.163 e. The highest BCUT2D eigenvalue weighted by Crippen LogP contribution is 2.51. The average molecular weight is 2040 g/mol. The van der Waals surface area contributed by atoms with Gasteiger partial charge in [-0.2, -0.15) is 0 Å². The van der Waals surface area contributed by atoms with Crippen molar-refractivity contribution in [3.05, 3.63) is 0 Å². The van der Waals surface area contributed by atoms with Gasteiger partial charge in [-0.15, -0.1) is 0 Å². The topological polar surface area (TPSA) is 231 Å². The van der Waals surface area contributed by atoms with Crippen LogP contribution in [0.15, 0.2) is 0 Å². The quantitative estimate of drug-likeness (QED) is 0.226. The van der Waals surface area contributed by atoms with Crippen LogP contribution in [0.5, 0.6) is 0 Å². The summed E-state index contributed by atoms with van der Waals surface area (Å²) in [5.41, 5.74) is 0.831. The molecular weight excluding hydrogens is 1820 g/mol. The number of piperidine rings is 3. The summed E-state index contributed by atoms with van der Waals surface area (Å²) in [6, 6.07) is 0. The monoisotopic (exact) mass is 2040 g/mol. The van der Waals surface area contributed by atoms with Gasteiger partial charge in [0.05, 0.1) is 144 Å². The number of hydrogen-bond acceptors (Lipinski definition) is 25. The first-order valence-electron chi connectivity index (χ1n) is 60.0. The van der Waals surface area contributed by atoms with Crippen LogP contribution in [0.4, 0.5) is 0 Å². The molecule has 0 aromatic rings. The third-order valence-electron chi connectivity index (χ3n) is 32.0. The first kappa shape index (κ1) is 106. The fourth-order valence-electron chi connectivity index (χ4n) is 26.1.